The highest BCUT2D eigenvalue weighted by atomic mass is 16.3. The SMILES string of the molecule is CCCC(=O)c1ccc(C2CCN(C(=O)c3ccc(O)c(O)c3)CC2)cc1. The van der Waals surface area contributed by atoms with Crippen LogP contribution in [0, 0.1) is 0 Å². The van der Waals surface area contributed by atoms with Gasteiger partial charge < -0.3 is 15.1 Å². The van der Waals surface area contributed by atoms with E-state index in [1.54, 1.807) is 4.90 Å². The molecule has 0 atom stereocenters. The van der Waals surface area contributed by atoms with Crippen molar-refractivity contribution in [1.82, 2.24) is 4.90 Å². The number of likely N-dealkylation sites (tertiary alicyclic amines) is 1. The summed E-state index contributed by atoms with van der Waals surface area (Å²) in [7, 11) is 0. The van der Waals surface area contributed by atoms with E-state index in [1.807, 2.05) is 31.2 Å². The van der Waals surface area contributed by atoms with Gasteiger partial charge in [-0.15, -0.1) is 0 Å². The number of piperidine rings is 1. The zero-order valence-corrected chi connectivity index (χ0v) is 15.5. The summed E-state index contributed by atoms with van der Waals surface area (Å²) in [6, 6.07) is 12.0. The third-order valence-corrected chi connectivity index (χ3v) is 5.19. The van der Waals surface area contributed by atoms with Gasteiger partial charge in [-0.05, 0) is 48.9 Å². The summed E-state index contributed by atoms with van der Waals surface area (Å²) >= 11 is 0. The molecule has 0 unspecified atom stereocenters. The van der Waals surface area contributed by atoms with E-state index in [0.717, 1.165) is 24.8 Å². The number of amides is 1. The molecule has 142 valence electrons. The molecule has 2 aromatic rings. The van der Waals surface area contributed by atoms with Gasteiger partial charge in [-0.1, -0.05) is 31.2 Å². The molecular formula is C22H25NO4. The van der Waals surface area contributed by atoms with Gasteiger partial charge in [-0.25, -0.2) is 0 Å². The number of nitrogens with zero attached hydrogens (tertiary/aromatic N) is 1. The van der Waals surface area contributed by atoms with Crippen LogP contribution in [0.4, 0.5) is 0 Å². The summed E-state index contributed by atoms with van der Waals surface area (Å²) in [5, 5.41) is 19.0. The smallest absolute Gasteiger partial charge is 0.253 e. The zero-order valence-electron chi connectivity index (χ0n) is 15.5. The van der Waals surface area contributed by atoms with E-state index in [2.05, 4.69) is 0 Å². The van der Waals surface area contributed by atoms with Crippen molar-refractivity contribution in [1.29, 1.82) is 0 Å². The molecule has 0 bridgehead atoms. The first-order chi connectivity index (χ1) is 13.0. The number of hydrogen-bond donors (Lipinski definition) is 2. The summed E-state index contributed by atoms with van der Waals surface area (Å²) in [5.74, 6) is -0.0944. The Kier molecular flexibility index (Phi) is 5.79. The van der Waals surface area contributed by atoms with Crippen LogP contribution in [0.25, 0.3) is 0 Å². The predicted molar refractivity (Wildman–Crippen MR) is 103 cm³/mol. The lowest BCUT2D eigenvalue weighted by Gasteiger charge is -2.32. The molecule has 1 fully saturated rings. The Morgan fingerprint density at radius 1 is 0.963 bits per heavy atom. The number of hydrogen-bond acceptors (Lipinski definition) is 4. The van der Waals surface area contributed by atoms with Gasteiger partial charge in [0.2, 0.25) is 0 Å². The van der Waals surface area contributed by atoms with Crippen molar-refractivity contribution in [2.45, 2.75) is 38.5 Å². The Hall–Kier alpha value is -2.82. The zero-order chi connectivity index (χ0) is 19.4. The topological polar surface area (TPSA) is 77.8 Å². The van der Waals surface area contributed by atoms with Crippen molar-refractivity contribution in [3.05, 3.63) is 59.2 Å². The van der Waals surface area contributed by atoms with Crippen LogP contribution < -0.4 is 0 Å². The average molecular weight is 367 g/mol. The van der Waals surface area contributed by atoms with Crippen LogP contribution in [0.3, 0.4) is 0 Å². The van der Waals surface area contributed by atoms with Gasteiger partial charge in [-0.2, -0.15) is 0 Å². The molecule has 0 aliphatic carbocycles. The van der Waals surface area contributed by atoms with E-state index in [4.69, 9.17) is 0 Å². The average Bonchev–Trinajstić information content (AvgIpc) is 2.70. The lowest BCUT2D eigenvalue weighted by molar-refractivity contribution is 0.0712. The monoisotopic (exact) mass is 367 g/mol. The predicted octanol–water partition coefficient (Wildman–Crippen LogP) is 4.10. The second-order valence-electron chi connectivity index (χ2n) is 7.07. The van der Waals surface area contributed by atoms with Gasteiger partial charge in [0.25, 0.3) is 5.91 Å². The van der Waals surface area contributed by atoms with Crippen molar-refractivity contribution >= 4 is 11.7 Å². The molecular weight excluding hydrogens is 342 g/mol. The van der Waals surface area contributed by atoms with E-state index in [1.165, 1.54) is 23.8 Å². The Morgan fingerprint density at radius 3 is 2.19 bits per heavy atom. The molecule has 1 aliphatic rings. The Bertz CT molecular complexity index is 821. The summed E-state index contributed by atoms with van der Waals surface area (Å²) in [6.07, 6.45) is 3.15. The number of rotatable bonds is 5. The quantitative estimate of drug-likeness (QED) is 0.616. The third-order valence-electron chi connectivity index (χ3n) is 5.19. The second kappa shape index (κ2) is 8.25. The van der Waals surface area contributed by atoms with Crippen LogP contribution in [0.2, 0.25) is 0 Å². The minimum atomic E-state index is -0.284. The first-order valence-corrected chi connectivity index (χ1v) is 9.44. The normalized spacial score (nSPS) is 14.9. The van der Waals surface area contributed by atoms with Gasteiger partial charge in [-0.3, -0.25) is 9.59 Å². The molecule has 2 aromatic carbocycles. The molecule has 0 aromatic heterocycles. The highest BCUT2D eigenvalue weighted by molar-refractivity contribution is 5.96. The molecule has 5 nitrogen and oxygen atoms in total. The van der Waals surface area contributed by atoms with Gasteiger partial charge in [0.1, 0.15) is 0 Å². The number of Topliss-reactive ketones (excluding diaryl/α,β-unsaturated/α-hetero) is 1. The van der Waals surface area contributed by atoms with E-state index >= 15 is 0 Å². The number of phenols is 2. The van der Waals surface area contributed by atoms with Gasteiger partial charge in [0.05, 0.1) is 0 Å². The summed E-state index contributed by atoms with van der Waals surface area (Å²) in [5.41, 5.74) is 2.35. The first kappa shape index (κ1) is 19.0. The lowest BCUT2D eigenvalue weighted by atomic mass is 9.88. The molecule has 1 amide bonds. The van der Waals surface area contributed by atoms with Crippen LogP contribution in [-0.2, 0) is 0 Å². The van der Waals surface area contributed by atoms with Crippen molar-refractivity contribution in [3.8, 4) is 11.5 Å². The fourth-order valence-corrected chi connectivity index (χ4v) is 3.57. The van der Waals surface area contributed by atoms with Crippen molar-refractivity contribution < 1.29 is 19.8 Å². The standard InChI is InChI=1S/C22H25NO4/c1-2-3-19(24)17-6-4-15(5-7-17)16-10-12-23(13-11-16)22(27)18-8-9-20(25)21(26)14-18/h4-9,14,16,25-26H,2-3,10-13H2,1H3. The third kappa shape index (κ3) is 4.30. The Morgan fingerprint density at radius 2 is 1.59 bits per heavy atom. The maximum absolute atomic E-state index is 12.6. The van der Waals surface area contributed by atoms with Gasteiger partial charge in [0, 0.05) is 30.6 Å². The molecule has 2 N–H and O–H groups in total. The Balaban J connectivity index is 1.60. The molecule has 27 heavy (non-hydrogen) atoms. The van der Waals surface area contributed by atoms with E-state index in [-0.39, 0.29) is 23.2 Å². The molecule has 0 spiro atoms. The fraction of sp³-hybridized carbons (Fsp3) is 0.364. The number of carbonyl (C=O) groups is 2. The van der Waals surface area contributed by atoms with E-state index < -0.39 is 0 Å². The molecule has 1 saturated heterocycles. The summed E-state index contributed by atoms with van der Waals surface area (Å²) in [4.78, 5) is 26.3. The summed E-state index contributed by atoms with van der Waals surface area (Å²) < 4.78 is 0. The summed E-state index contributed by atoms with van der Waals surface area (Å²) in [6.45, 7) is 3.28. The molecule has 0 radical (unpaired) electrons. The van der Waals surface area contributed by atoms with Crippen molar-refractivity contribution in [3.63, 3.8) is 0 Å². The van der Waals surface area contributed by atoms with Crippen LogP contribution in [0.5, 0.6) is 11.5 Å². The van der Waals surface area contributed by atoms with Crippen LogP contribution >= 0.6 is 0 Å². The van der Waals surface area contributed by atoms with E-state index in [0.29, 0.717) is 31.0 Å². The largest absolute Gasteiger partial charge is 0.504 e. The molecule has 3 rings (SSSR count). The molecule has 1 aliphatic heterocycles. The lowest BCUT2D eigenvalue weighted by Crippen LogP contribution is -2.37. The number of phenolic OH excluding ortho intramolecular Hbond substituents is 2. The molecule has 1 heterocycles. The minimum Gasteiger partial charge on any atom is -0.504 e. The number of benzene rings is 2. The highest BCUT2D eigenvalue weighted by Crippen LogP contribution is 2.30. The molecule has 5 heteroatoms. The van der Waals surface area contributed by atoms with Gasteiger partial charge >= 0.3 is 0 Å². The van der Waals surface area contributed by atoms with Gasteiger partial charge in [0.15, 0.2) is 17.3 Å². The van der Waals surface area contributed by atoms with Crippen molar-refractivity contribution in [2.24, 2.45) is 0 Å². The Labute approximate surface area is 159 Å². The van der Waals surface area contributed by atoms with Crippen LogP contribution in [0.15, 0.2) is 42.5 Å². The number of aromatic hydroxyl groups is 2. The van der Waals surface area contributed by atoms with Crippen molar-refractivity contribution in [2.75, 3.05) is 13.1 Å². The second-order valence-corrected chi connectivity index (χ2v) is 7.07. The fourth-order valence-electron chi connectivity index (χ4n) is 3.57. The first-order valence-electron chi connectivity index (χ1n) is 9.44. The minimum absolute atomic E-state index is 0.135. The van der Waals surface area contributed by atoms with Crippen LogP contribution in [-0.4, -0.2) is 39.9 Å². The van der Waals surface area contributed by atoms with E-state index in [9.17, 15) is 19.8 Å². The van der Waals surface area contributed by atoms with Crippen LogP contribution in [0.1, 0.15) is 64.8 Å². The highest BCUT2D eigenvalue weighted by Gasteiger charge is 2.25. The number of ketones is 1. The maximum atomic E-state index is 12.6. The maximum Gasteiger partial charge on any atom is 0.253 e. The number of carbonyl (C=O) groups excluding carboxylic acids is 2. The molecule has 0 saturated carbocycles.